The Kier molecular flexibility index (Phi) is 5.45. The Hall–Kier alpha value is -0.120. The predicted molar refractivity (Wildman–Crippen MR) is 57.4 cm³/mol. The number of methoxy groups -OCH3 is 1. The minimum atomic E-state index is -0.0534. The van der Waals surface area contributed by atoms with Crippen LogP contribution in [0.2, 0.25) is 0 Å². The van der Waals surface area contributed by atoms with Gasteiger partial charge < -0.3 is 15.2 Å². The van der Waals surface area contributed by atoms with Crippen molar-refractivity contribution in [2.45, 2.75) is 57.2 Å². The molecule has 1 aliphatic carbocycles. The molecule has 1 atom stereocenters. The van der Waals surface area contributed by atoms with Gasteiger partial charge in [-0.05, 0) is 39.0 Å². The maximum atomic E-state index is 9.35. The van der Waals surface area contributed by atoms with E-state index in [1.807, 2.05) is 0 Å². The highest BCUT2D eigenvalue weighted by Gasteiger charge is 2.20. The van der Waals surface area contributed by atoms with Crippen molar-refractivity contribution in [2.75, 3.05) is 13.7 Å². The van der Waals surface area contributed by atoms with Gasteiger partial charge in [-0.25, -0.2) is 0 Å². The van der Waals surface area contributed by atoms with Crippen molar-refractivity contribution in [3.63, 3.8) is 0 Å². The summed E-state index contributed by atoms with van der Waals surface area (Å²) in [6.45, 7) is 3.02. The van der Waals surface area contributed by atoms with E-state index in [1.165, 1.54) is 0 Å². The molecule has 0 heterocycles. The Morgan fingerprint density at radius 1 is 1.36 bits per heavy atom. The van der Waals surface area contributed by atoms with Crippen molar-refractivity contribution in [3.05, 3.63) is 0 Å². The van der Waals surface area contributed by atoms with E-state index in [1.54, 1.807) is 7.11 Å². The minimum Gasteiger partial charge on any atom is -0.393 e. The van der Waals surface area contributed by atoms with Gasteiger partial charge in [-0.2, -0.15) is 0 Å². The highest BCUT2D eigenvalue weighted by molar-refractivity contribution is 4.78. The van der Waals surface area contributed by atoms with Gasteiger partial charge in [0.2, 0.25) is 0 Å². The van der Waals surface area contributed by atoms with Gasteiger partial charge in [0.1, 0.15) is 0 Å². The lowest BCUT2D eigenvalue weighted by Gasteiger charge is -2.29. The quantitative estimate of drug-likeness (QED) is 0.704. The summed E-state index contributed by atoms with van der Waals surface area (Å²) in [5.41, 5.74) is 0. The first-order chi connectivity index (χ1) is 6.72. The second kappa shape index (κ2) is 6.38. The number of nitrogens with one attached hydrogen (secondary N) is 1. The van der Waals surface area contributed by atoms with Crippen molar-refractivity contribution in [1.29, 1.82) is 0 Å². The first-order valence-corrected chi connectivity index (χ1v) is 5.65. The molecule has 0 aromatic carbocycles. The Bertz CT molecular complexity index is 144. The summed E-state index contributed by atoms with van der Waals surface area (Å²) in [4.78, 5) is 0. The van der Waals surface area contributed by atoms with Crippen molar-refractivity contribution in [2.24, 2.45) is 0 Å². The highest BCUT2D eigenvalue weighted by Crippen LogP contribution is 2.18. The molecule has 0 saturated heterocycles. The van der Waals surface area contributed by atoms with Crippen LogP contribution in [0.15, 0.2) is 0 Å². The summed E-state index contributed by atoms with van der Waals surface area (Å²) in [5, 5.41) is 12.9. The molecule has 1 fully saturated rings. The third-order valence-corrected chi connectivity index (χ3v) is 2.97. The lowest BCUT2D eigenvalue weighted by atomic mass is 9.92. The summed E-state index contributed by atoms with van der Waals surface area (Å²) < 4.78 is 5.04. The number of rotatable bonds is 5. The van der Waals surface area contributed by atoms with Crippen molar-refractivity contribution in [1.82, 2.24) is 5.32 Å². The standard InChI is InChI=1S/C11H23NO2/c1-9(7-8-14-2)12-10-3-5-11(13)6-4-10/h9-13H,3-8H2,1-2H3. The topological polar surface area (TPSA) is 41.5 Å². The predicted octanol–water partition coefficient (Wildman–Crippen LogP) is 1.30. The summed E-state index contributed by atoms with van der Waals surface area (Å²) in [5.74, 6) is 0. The second-order valence-corrected chi connectivity index (χ2v) is 4.35. The second-order valence-electron chi connectivity index (χ2n) is 4.35. The highest BCUT2D eigenvalue weighted by atomic mass is 16.5. The van der Waals surface area contributed by atoms with Gasteiger partial charge in [-0.15, -0.1) is 0 Å². The molecule has 0 aliphatic heterocycles. The normalized spacial score (nSPS) is 30.2. The molecule has 0 aromatic rings. The molecular weight excluding hydrogens is 178 g/mol. The van der Waals surface area contributed by atoms with E-state index < -0.39 is 0 Å². The third kappa shape index (κ3) is 4.40. The van der Waals surface area contributed by atoms with Crippen molar-refractivity contribution < 1.29 is 9.84 Å². The fourth-order valence-corrected chi connectivity index (χ4v) is 2.02. The van der Waals surface area contributed by atoms with Crippen LogP contribution in [0.25, 0.3) is 0 Å². The van der Waals surface area contributed by atoms with Crippen LogP contribution in [0.3, 0.4) is 0 Å². The largest absolute Gasteiger partial charge is 0.393 e. The van der Waals surface area contributed by atoms with Crippen molar-refractivity contribution >= 4 is 0 Å². The molecule has 3 heteroatoms. The fraction of sp³-hybridized carbons (Fsp3) is 1.00. The van der Waals surface area contributed by atoms with Crippen LogP contribution in [0.4, 0.5) is 0 Å². The van der Waals surface area contributed by atoms with E-state index in [2.05, 4.69) is 12.2 Å². The Balaban J connectivity index is 2.10. The zero-order valence-corrected chi connectivity index (χ0v) is 9.33. The number of aliphatic hydroxyl groups is 1. The van der Waals surface area contributed by atoms with E-state index in [9.17, 15) is 5.11 Å². The van der Waals surface area contributed by atoms with Crippen LogP contribution in [0.5, 0.6) is 0 Å². The third-order valence-electron chi connectivity index (χ3n) is 2.97. The molecule has 84 valence electrons. The zero-order valence-electron chi connectivity index (χ0n) is 9.33. The lowest BCUT2D eigenvalue weighted by Crippen LogP contribution is -2.40. The maximum absolute atomic E-state index is 9.35. The SMILES string of the molecule is COCCC(C)NC1CCC(O)CC1. The number of ether oxygens (including phenoxy) is 1. The number of hydrogen-bond acceptors (Lipinski definition) is 3. The van der Waals surface area contributed by atoms with Gasteiger partial charge >= 0.3 is 0 Å². The van der Waals surface area contributed by atoms with Crippen LogP contribution < -0.4 is 5.32 Å². The van der Waals surface area contributed by atoms with Crippen LogP contribution in [0.1, 0.15) is 39.0 Å². The van der Waals surface area contributed by atoms with Gasteiger partial charge in [0.05, 0.1) is 6.10 Å². The van der Waals surface area contributed by atoms with Crippen LogP contribution in [0, 0.1) is 0 Å². The monoisotopic (exact) mass is 201 g/mol. The van der Waals surface area contributed by atoms with E-state index >= 15 is 0 Å². The molecule has 0 spiro atoms. The molecule has 0 radical (unpaired) electrons. The summed E-state index contributed by atoms with van der Waals surface area (Å²) in [6, 6.07) is 1.13. The summed E-state index contributed by atoms with van der Waals surface area (Å²) >= 11 is 0. The van der Waals surface area contributed by atoms with Crippen LogP contribution in [-0.4, -0.2) is 37.0 Å². The first-order valence-electron chi connectivity index (χ1n) is 5.65. The fourth-order valence-electron chi connectivity index (χ4n) is 2.02. The molecule has 14 heavy (non-hydrogen) atoms. The molecule has 1 saturated carbocycles. The molecule has 1 rings (SSSR count). The smallest absolute Gasteiger partial charge is 0.0541 e. The molecule has 1 unspecified atom stereocenters. The van der Waals surface area contributed by atoms with E-state index in [0.29, 0.717) is 12.1 Å². The molecule has 0 bridgehead atoms. The summed E-state index contributed by atoms with van der Waals surface area (Å²) in [6.07, 6.45) is 5.14. The van der Waals surface area contributed by atoms with Gasteiger partial charge in [-0.1, -0.05) is 0 Å². The number of hydrogen-bond donors (Lipinski definition) is 2. The maximum Gasteiger partial charge on any atom is 0.0541 e. The van der Waals surface area contributed by atoms with Gasteiger partial charge in [0, 0.05) is 25.8 Å². The van der Waals surface area contributed by atoms with Crippen molar-refractivity contribution in [3.8, 4) is 0 Å². The zero-order chi connectivity index (χ0) is 10.4. The molecule has 2 N–H and O–H groups in total. The molecular formula is C11H23NO2. The van der Waals surface area contributed by atoms with Gasteiger partial charge in [0.25, 0.3) is 0 Å². The average Bonchev–Trinajstić information content (AvgIpc) is 2.18. The number of aliphatic hydroxyl groups excluding tert-OH is 1. The minimum absolute atomic E-state index is 0.0534. The van der Waals surface area contributed by atoms with Crippen LogP contribution >= 0.6 is 0 Å². The van der Waals surface area contributed by atoms with E-state index in [-0.39, 0.29) is 6.10 Å². The average molecular weight is 201 g/mol. The lowest BCUT2D eigenvalue weighted by molar-refractivity contribution is 0.112. The Morgan fingerprint density at radius 2 is 2.00 bits per heavy atom. The summed E-state index contributed by atoms with van der Waals surface area (Å²) in [7, 11) is 1.74. The molecule has 1 aliphatic rings. The molecule has 0 amide bonds. The van der Waals surface area contributed by atoms with Gasteiger partial charge in [0.15, 0.2) is 0 Å². The molecule has 3 nitrogen and oxygen atoms in total. The molecule has 0 aromatic heterocycles. The van der Waals surface area contributed by atoms with E-state index in [4.69, 9.17) is 4.74 Å². The van der Waals surface area contributed by atoms with E-state index in [0.717, 1.165) is 38.7 Å². The van der Waals surface area contributed by atoms with Crippen LogP contribution in [-0.2, 0) is 4.74 Å². The Labute approximate surface area is 86.8 Å². The van der Waals surface area contributed by atoms with Gasteiger partial charge in [-0.3, -0.25) is 0 Å². The first kappa shape index (κ1) is 12.0. The Morgan fingerprint density at radius 3 is 2.57 bits per heavy atom.